The molecule has 2 aliphatic rings. The molecule has 2 saturated heterocycles. The van der Waals surface area contributed by atoms with Crippen LogP contribution in [-0.4, -0.2) is 52.6 Å². The highest BCUT2D eigenvalue weighted by Crippen LogP contribution is 2.33. The molecule has 2 aliphatic heterocycles. The predicted octanol–water partition coefficient (Wildman–Crippen LogP) is 2.87. The number of likely N-dealkylation sites (tertiary alicyclic amines) is 2. The Morgan fingerprint density at radius 1 is 1.26 bits per heavy atom. The highest BCUT2D eigenvalue weighted by Gasteiger charge is 2.41. The number of hydrogen-bond acceptors (Lipinski definition) is 4. The first kappa shape index (κ1) is 16.5. The molecule has 3 rings (SSSR count). The van der Waals surface area contributed by atoms with Gasteiger partial charge in [-0.1, -0.05) is 12.1 Å². The Morgan fingerprint density at radius 3 is 2.61 bits per heavy atom. The smallest absolute Gasteiger partial charge is 0.230 e. The monoisotopic (exact) mass is 319 g/mol. The molecule has 0 saturated carbocycles. The highest BCUT2D eigenvalue weighted by molar-refractivity contribution is 5.84. The minimum Gasteiger partial charge on any atom is -0.361 e. The quantitative estimate of drug-likeness (QED) is 0.856. The van der Waals surface area contributed by atoms with Crippen molar-refractivity contribution in [3.05, 3.63) is 17.0 Å². The average Bonchev–Trinajstić information content (AvgIpc) is 3.25. The molecule has 0 spiro atoms. The van der Waals surface area contributed by atoms with Crippen molar-refractivity contribution >= 4 is 5.91 Å². The van der Waals surface area contributed by atoms with Crippen molar-refractivity contribution in [1.29, 1.82) is 0 Å². The molecule has 5 heteroatoms. The van der Waals surface area contributed by atoms with Crippen molar-refractivity contribution in [1.82, 2.24) is 15.0 Å². The molecule has 0 aromatic carbocycles. The van der Waals surface area contributed by atoms with E-state index in [1.54, 1.807) is 0 Å². The van der Waals surface area contributed by atoms with Crippen LogP contribution < -0.4 is 0 Å². The summed E-state index contributed by atoms with van der Waals surface area (Å²) in [5.74, 6) is 0.846. The molecule has 128 valence electrons. The summed E-state index contributed by atoms with van der Waals surface area (Å²) in [5.41, 5.74) is 1.81. The van der Waals surface area contributed by atoms with E-state index in [1.807, 2.05) is 20.8 Å². The summed E-state index contributed by atoms with van der Waals surface area (Å²) in [6.07, 6.45) is 4.75. The third kappa shape index (κ3) is 2.91. The molecule has 1 aromatic heterocycles. The van der Waals surface area contributed by atoms with E-state index in [1.165, 1.54) is 19.4 Å². The molecule has 0 N–H and O–H groups in total. The second-order valence-electron chi connectivity index (χ2n) is 7.04. The minimum absolute atomic E-state index is 0.168. The summed E-state index contributed by atoms with van der Waals surface area (Å²) in [5, 5.41) is 4.01. The minimum atomic E-state index is -0.168. The van der Waals surface area contributed by atoms with Crippen molar-refractivity contribution in [3.63, 3.8) is 0 Å². The molecular formula is C18H29N3O2. The Balaban J connectivity index is 1.78. The van der Waals surface area contributed by atoms with Gasteiger partial charge < -0.3 is 9.42 Å². The lowest BCUT2D eigenvalue weighted by molar-refractivity contribution is -0.134. The summed E-state index contributed by atoms with van der Waals surface area (Å²) in [7, 11) is 0. The van der Waals surface area contributed by atoms with Crippen LogP contribution in [0.15, 0.2) is 4.52 Å². The van der Waals surface area contributed by atoms with Gasteiger partial charge in [0.05, 0.1) is 11.6 Å². The summed E-state index contributed by atoms with van der Waals surface area (Å²) < 4.78 is 5.26. The zero-order valence-corrected chi connectivity index (χ0v) is 14.8. The second-order valence-corrected chi connectivity index (χ2v) is 7.04. The van der Waals surface area contributed by atoms with Gasteiger partial charge in [0.25, 0.3) is 0 Å². The SMILES string of the molecule is CCN1CCC[C@@H]1[C@@H]1CCCN1C(=O)[C@H](C)c1c(C)noc1C. The number of hydrogen-bond donors (Lipinski definition) is 0. The Labute approximate surface area is 139 Å². The summed E-state index contributed by atoms with van der Waals surface area (Å²) in [6, 6.07) is 0.927. The second kappa shape index (κ2) is 6.63. The maximum absolute atomic E-state index is 13.1. The average molecular weight is 319 g/mol. The summed E-state index contributed by atoms with van der Waals surface area (Å²) >= 11 is 0. The molecule has 1 aromatic rings. The molecular weight excluding hydrogens is 290 g/mol. The Kier molecular flexibility index (Phi) is 4.76. The van der Waals surface area contributed by atoms with Crippen LogP contribution in [0.2, 0.25) is 0 Å². The highest BCUT2D eigenvalue weighted by atomic mass is 16.5. The number of likely N-dealkylation sites (N-methyl/N-ethyl adjacent to an activating group) is 1. The van der Waals surface area contributed by atoms with Gasteiger partial charge in [0.1, 0.15) is 5.76 Å². The Hall–Kier alpha value is -1.36. The van der Waals surface area contributed by atoms with Crippen LogP contribution in [0.3, 0.4) is 0 Å². The van der Waals surface area contributed by atoms with Crippen LogP contribution in [0.4, 0.5) is 0 Å². The van der Waals surface area contributed by atoms with Crippen molar-refractivity contribution in [2.24, 2.45) is 0 Å². The number of aromatic nitrogens is 1. The third-order valence-electron chi connectivity index (χ3n) is 5.74. The molecule has 1 amide bonds. The zero-order valence-electron chi connectivity index (χ0n) is 14.8. The maximum Gasteiger partial charge on any atom is 0.230 e. The van der Waals surface area contributed by atoms with Gasteiger partial charge in [0, 0.05) is 24.2 Å². The fourth-order valence-corrected chi connectivity index (χ4v) is 4.63. The summed E-state index contributed by atoms with van der Waals surface area (Å²) in [4.78, 5) is 17.8. The van der Waals surface area contributed by atoms with Crippen LogP contribution in [0.1, 0.15) is 62.5 Å². The molecule has 0 unspecified atom stereocenters. The zero-order chi connectivity index (χ0) is 16.6. The molecule has 0 radical (unpaired) electrons. The lowest BCUT2D eigenvalue weighted by Crippen LogP contribution is -2.49. The Bertz CT molecular complexity index is 549. The fourth-order valence-electron chi connectivity index (χ4n) is 4.63. The topological polar surface area (TPSA) is 49.6 Å². The molecule has 0 aliphatic carbocycles. The number of rotatable bonds is 4. The summed E-state index contributed by atoms with van der Waals surface area (Å²) in [6.45, 7) is 11.2. The maximum atomic E-state index is 13.1. The molecule has 0 bridgehead atoms. The van der Waals surface area contributed by atoms with E-state index in [0.717, 1.165) is 42.9 Å². The molecule has 3 heterocycles. The van der Waals surface area contributed by atoms with Gasteiger partial charge in [-0.05, 0) is 59.5 Å². The van der Waals surface area contributed by atoms with Crippen LogP contribution in [-0.2, 0) is 4.79 Å². The number of nitrogens with zero attached hydrogens (tertiary/aromatic N) is 3. The first-order chi connectivity index (χ1) is 11.0. The van der Waals surface area contributed by atoms with Gasteiger partial charge in [0.2, 0.25) is 5.91 Å². The van der Waals surface area contributed by atoms with Crippen molar-refractivity contribution in [2.45, 2.75) is 71.4 Å². The molecule has 5 nitrogen and oxygen atoms in total. The van der Waals surface area contributed by atoms with Crippen LogP contribution in [0.5, 0.6) is 0 Å². The van der Waals surface area contributed by atoms with Crippen LogP contribution >= 0.6 is 0 Å². The largest absolute Gasteiger partial charge is 0.361 e. The van der Waals surface area contributed by atoms with Gasteiger partial charge in [-0.2, -0.15) is 0 Å². The standard InChI is InChI=1S/C18H29N3O2/c1-5-20-10-6-8-15(20)16-9-7-11-21(16)18(22)12(2)17-13(3)19-23-14(17)4/h12,15-16H,5-11H2,1-4H3/t12-,15-,16+/m1/s1. The molecule has 23 heavy (non-hydrogen) atoms. The fraction of sp³-hybridized carbons (Fsp3) is 0.778. The predicted molar refractivity (Wildman–Crippen MR) is 89.4 cm³/mol. The van der Waals surface area contributed by atoms with E-state index in [2.05, 4.69) is 21.9 Å². The van der Waals surface area contributed by atoms with Gasteiger partial charge in [-0.15, -0.1) is 0 Å². The first-order valence-electron chi connectivity index (χ1n) is 9.01. The lowest BCUT2D eigenvalue weighted by Gasteiger charge is -2.35. The normalized spacial score (nSPS) is 26.9. The first-order valence-corrected chi connectivity index (χ1v) is 9.01. The van der Waals surface area contributed by atoms with E-state index >= 15 is 0 Å². The van der Waals surface area contributed by atoms with Gasteiger partial charge in [-0.3, -0.25) is 9.69 Å². The number of carbonyl (C=O) groups excluding carboxylic acids is 1. The Morgan fingerprint density at radius 2 is 1.96 bits per heavy atom. The van der Waals surface area contributed by atoms with Crippen molar-refractivity contribution in [2.75, 3.05) is 19.6 Å². The van der Waals surface area contributed by atoms with Crippen molar-refractivity contribution < 1.29 is 9.32 Å². The van der Waals surface area contributed by atoms with E-state index in [9.17, 15) is 4.79 Å². The van der Waals surface area contributed by atoms with Gasteiger partial charge in [0.15, 0.2) is 0 Å². The van der Waals surface area contributed by atoms with Crippen molar-refractivity contribution in [3.8, 4) is 0 Å². The third-order valence-corrected chi connectivity index (χ3v) is 5.74. The lowest BCUT2D eigenvalue weighted by atomic mass is 9.96. The number of amides is 1. The van der Waals surface area contributed by atoms with Gasteiger partial charge >= 0.3 is 0 Å². The van der Waals surface area contributed by atoms with E-state index in [4.69, 9.17) is 4.52 Å². The van der Waals surface area contributed by atoms with E-state index in [-0.39, 0.29) is 11.8 Å². The number of carbonyl (C=O) groups is 1. The number of aryl methyl sites for hydroxylation is 2. The van der Waals surface area contributed by atoms with Crippen LogP contribution in [0.25, 0.3) is 0 Å². The van der Waals surface area contributed by atoms with Gasteiger partial charge in [-0.25, -0.2) is 0 Å². The van der Waals surface area contributed by atoms with E-state index in [0.29, 0.717) is 12.1 Å². The molecule has 3 atom stereocenters. The molecule has 2 fully saturated rings. The van der Waals surface area contributed by atoms with E-state index < -0.39 is 0 Å². The van der Waals surface area contributed by atoms with Crippen LogP contribution in [0, 0.1) is 13.8 Å².